The molecule has 0 atom stereocenters. The standard InChI is InChI=1S/C23H32.C22H28.2C19H24.C18H22.C14H16.C12H16O2/c1-18-8-12-20(13-9-18)23(6,17-7-16-22(3,4)5)21-14-10-19(2)11-15-21;1-21(2,3)18-14-16-22(17-15-18,19-10-6-4-7-11-19)20-12-8-5-9-13-20;1-19(2,3)18(14-16-10-6-4-7-11-16)15-17-12-8-5-9-13-17;1-19(2,3)15-14-18(16-10-6-4-7-11-16)17-12-8-5-9-13-17;1-18(2,3)14-13-15-9-11-17(12-10-15)16-7-5-4-6-8-16;1-14(2,3)13-10-6-8-11-7-4-5-9-12(11)13;1-8-5-6-10(12(2,3)4)9(7-8)11(13)14/h8-15H,7,16-17H2,1-6H3;4-13,18H,14-17H2,1-3H3;2*4-13,18H,14-15H2,1-3H3;4-12H,13-14H2,1-3H3;4-10H,1-3H3;5-7H,1-4H3,(H,13,14). The molecule has 1 aliphatic carbocycles. The smallest absolute Gasteiger partial charge is 0.335 e. The first-order valence-corrected chi connectivity index (χ1v) is 48.2. The molecule has 0 bridgehead atoms. The van der Waals surface area contributed by atoms with Crippen LogP contribution in [0.25, 0.3) is 21.9 Å². The van der Waals surface area contributed by atoms with E-state index in [0.717, 1.165) is 29.9 Å². The summed E-state index contributed by atoms with van der Waals surface area (Å²) in [7, 11) is 0. The Kier molecular flexibility index (Phi) is 38.6. The van der Waals surface area contributed by atoms with Gasteiger partial charge >= 0.3 is 5.97 Å². The first-order chi connectivity index (χ1) is 60.8. The number of carboxylic acids is 1. The van der Waals surface area contributed by atoms with E-state index in [4.69, 9.17) is 5.11 Å². The Morgan fingerprint density at radius 2 is 0.736 bits per heavy atom. The predicted octanol–water partition coefficient (Wildman–Crippen LogP) is 36.3. The van der Waals surface area contributed by atoms with Crippen molar-refractivity contribution in [1.29, 1.82) is 0 Å². The predicted molar refractivity (Wildman–Crippen MR) is 563 cm³/mol. The largest absolute Gasteiger partial charge is 0.478 e. The van der Waals surface area contributed by atoms with Crippen LogP contribution in [0.5, 0.6) is 0 Å². The first kappa shape index (κ1) is 104. The van der Waals surface area contributed by atoms with Gasteiger partial charge in [-0.1, -0.05) is 515 Å². The summed E-state index contributed by atoms with van der Waals surface area (Å²) < 4.78 is 0. The number of benzene rings is 13. The summed E-state index contributed by atoms with van der Waals surface area (Å²) in [5.41, 5.74) is 24.4. The van der Waals surface area contributed by atoms with Gasteiger partial charge in [-0.25, -0.2) is 4.79 Å². The number of carboxylic acid groups (broad SMARTS) is 1. The third-order valence-electron chi connectivity index (χ3n) is 26.2. The molecule has 14 rings (SSSR count). The van der Waals surface area contributed by atoms with Crippen molar-refractivity contribution in [3.63, 3.8) is 0 Å². The van der Waals surface area contributed by atoms with Gasteiger partial charge in [-0.3, -0.25) is 0 Å². The van der Waals surface area contributed by atoms with Crippen molar-refractivity contribution in [2.45, 2.75) is 284 Å². The van der Waals surface area contributed by atoms with Crippen LogP contribution in [0.4, 0.5) is 0 Å². The second-order valence-corrected chi connectivity index (χ2v) is 44.9. The number of aromatic carboxylic acids is 1. The van der Waals surface area contributed by atoms with Crippen LogP contribution in [0.1, 0.15) is 311 Å². The molecule has 1 fully saturated rings. The minimum absolute atomic E-state index is 0.0899. The molecule has 0 aliphatic heterocycles. The number of rotatable bonds is 19. The third kappa shape index (κ3) is 34.4. The lowest BCUT2D eigenvalue weighted by Gasteiger charge is -2.45. The molecule has 0 spiro atoms. The zero-order chi connectivity index (χ0) is 94.3. The maximum absolute atomic E-state index is 11.0. The number of hydrogen-bond donors (Lipinski definition) is 1. The van der Waals surface area contributed by atoms with E-state index in [9.17, 15) is 4.79 Å². The molecule has 2 nitrogen and oxygen atoms in total. The molecule has 682 valence electrons. The molecule has 0 unspecified atom stereocenters. The summed E-state index contributed by atoms with van der Waals surface area (Å²) in [6.07, 6.45) is 16.0. The van der Waals surface area contributed by atoms with Crippen LogP contribution in [-0.4, -0.2) is 11.1 Å². The van der Waals surface area contributed by atoms with Crippen molar-refractivity contribution >= 4 is 16.7 Å². The Morgan fingerprint density at radius 3 is 1.14 bits per heavy atom. The van der Waals surface area contributed by atoms with Crippen LogP contribution in [0.3, 0.4) is 0 Å². The van der Waals surface area contributed by atoms with Crippen LogP contribution in [0.15, 0.2) is 346 Å². The molecule has 0 aromatic heterocycles. The molecule has 1 saturated carbocycles. The Balaban J connectivity index is 0.000000187. The maximum Gasteiger partial charge on any atom is 0.335 e. The van der Waals surface area contributed by atoms with Crippen LogP contribution >= 0.6 is 0 Å². The Labute approximate surface area is 784 Å². The van der Waals surface area contributed by atoms with Gasteiger partial charge in [0.25, 0.3) is 0 Å². The van der Waals surface area contributed by atoms with Crippen molar-refractivity contribution in [2.24, 2.45) is 38.9 Å². The second-order valence-electron chi connectivity index (χ2n) is 44.9. The van der Waals surface area contributed by atoms with Gasteiger partial charge in [0.05, 0.1) is 5.56 Å². The average Bonchev–Trinajstić information content (AvgIpc) is 0.762. The monoisotopic (exact) mass is 1720 g/mol. The van der Waals surface area contributed by atoms with Gasteiger partial charge in [0, 0.05) is 16.7 Å². The molecule has 0 saturated heterocycles. The Bertz CT molecular complexity index is 5160. The lowest BCUT2D eigenvalue weighted by Crippen LogP contribution is -2.36. The van der Waals surface area contributed by atoms with E-state index in [2.05, 4.69) is 473 Å². The van der Waals surface area contributed by atoms with Gasteiger partial charge in [-0.2, -0.15) is 0 Å². The summed E-state index contributed by atoms with van der Waals surface area (Å²) in [6, 6.07) is 124. The number of hydrogen-bond acceptors (Lipinski definition) is 1. The van der Waals surface area contributed by atoms with Crippen LogP contribution in [0.2, 0.25) is 0 Å². The van der Waals surface area contributed by atoms with Gasteiger partial charge in [-0.15, -0.1) is 0 Å². The average molecular weight is 1720 g/mol. The normalized spacial score (nSPS) is 13.1. The highest BCUT2D eigenvalue weighted by molar-refractivity contribution is 5.90. The highest BCUT2D eigenvalue weighted by Gasteiger charge is 2.41. The van der Waals surface area contributed by atoms with Gasteiger partial charge in [0.2, 0.25) is 0 Å². The summed E-state index contributed by atoms with van der Waals surface area (Å²) in [6.45, 7) is 56.6. The van der Waals surface area contributed by atoms with Crippen molar-refractivity contribution in [1.82, 2.24) is 0 Å². The summed E-state index contributed by atoms with van der Waals surface area (Å²) >= 11 is 0. The van der Waals surface area contributed by atoms with Gasteiger partial charge < -0.3 is 5.11 Å². The summed E-state index contributed by atoms with van der Waals surface area (Å²) in [4.78, 5) is 11.0. The Hall–Kier alpha value is -10.4. The molecule has 2 heteroatoms. The van der Waals surface area contributed by atoms with E-state index < -0.39 is 5.97 Å². The van der Waals surface area contributed by atoms with E-state index in [0.29, 0.717) is 44.5 Å². The third-order valence-corrected chi connectivity index (χ3v) is 26.2. The fraction of sp³-hybridized carbons (Fsp3) is 0.394. The van der Waals surface area contributed by atoms with Crippen molar-refractivity contribution in [3.05, 3.63) is 429 Å². The fourth-order valence-corrected chi connectivity index (χ4v) is 17.8. The molecule has 13 aromatic carbocycles. The molecule has 1 N–H and O–H groups in total. The lowest BCUT2D eigenvalue weighted by atomic mass is 9.59. The number of aryl methyl sites for hydroxylation is 4. The molecule has 129 heavy (non-hydrogen) atoms. The van der Waals surface area contributed by atoms with Gasteiger partial charge in [0.15, 0.2) is 0 Å². The first-order valence-electron chi connectivity index (χ1n) is 48.2. The van der Waals surface area contributed by atoms with Gasteiger partial charge in [0.1, 0.15) is 0 Å². The number of carbonyl (C=O) groups is 1. The van der Waals surface area contributed by atoms with E-state index in [1.807, 2.05) is 39.8 Å². The number of fused-ring (bicyclic) bond motifs is 1. The van der Waals surface area contributed by atoms with Crippen molar-refractivity contribution in [2.75, 3.05) is 0 Å². The maximum atomic E-state index is 11.0. The Morgan fingerprint density at radius 1 is 0.357 bits per heavy atom. The minimum atomic E-state index is -0.848. The minimum Gasteiger partial charge on any atom is -0.478 e. The highest BCUT2D eigenvalue weighted by Crippen LogP contribution is 2.51. The van der Waals surface area contributed by atoms with E-state index in [-0.39, 0.29) is 21.7 Å². The summed E-state index contributed by atoms with van der Waals surface area (Å²) in [5.74, 6) is 1.17. The fourth-order valence-electron chi connectivity index (χ4n) is 17.8. The topological polar surface area (TPSA) is 37.3 Å². The SMILES string of the molecule is CC(C)(C)C(Cc1ccccc1)Cc1ccccc1.CC(C)(C)C1CCC(c2ccccc2)(c2ccccc2)CC1.CC(C)(C)CCC(c1ccccc1)c1ccccc1.CC(C)(C)CCc1ccc(-c2ccccc2)cc1.CC(C)(C)c1cccc2ccccc12.Cc1ccc(C(C)(C)C)c(C(=O)O)c1.Cc1ccc(C(C)(CCCC(C)(C)C)c2ccc(C)cc2)cc1. The van der Waals surface area contributed by atoms with Crippen LogP contribution < -0.4 is 0 Å². The molecule has 1 aliphatic rings. The quantitative estimate of drug-likeness (QED) is 0.0876. The zero-order valence-electron chi connectivity index (χ0n) is 84.2. The second kappa shape index (κ2) is 47.9. The van der Waals surface area contributed by atoms with E-state index >= 15 is 0 Å². The van der Waals surface area contributed by atoms with E-state index in [1.165, 1.54) is 159 Å². The molecule has 13 aromatic rings. The molecule has 0 radical (unpaired) electrons. The lowest BCUT2D eigenvalue weighted by molar-refractivity contribution is 0.0693. The van der Waals surface area contributed by atoms with Crippen LogP contribution in [0, 0.1) is 59.7 Å². The molecular formula is C127H162O2. The van der Waals surface area contributed by atoms with Crippen LogP contribution in [-0.2, 0) is 40.9 Å². The van der Waals surface area contributed by atoms with E-state index in [1.54, 1.807) is 6.07 Å². The molecule has 0 amide bonds. The summed E-state index contributed by atoms with van der Waals surface area (Å²) in [5, 5.41) is 11.8. The molecule has 0 heterocycles. The molecular weight excluding hydrogens is 1560 g/mol. The zero-order valence-corrected chi connectivity index (χ0v) is 84.2. The van der Waals surface area contributed by atoms with Crippen molar-refractivity contribution < 1.29 is 9.90 Å². The van der Waals surface area contributed by atoms with Crippen molar-refractivity contribution in [3.8, 4) is 11.1 Å². The van der Waals surface area contributed by atoms with Gasteiger partial charge in [-0.05, 0) is 237 Å². The highest BCUT2D eigenvalue weighted by atomic mass is 16.4.